The Morgan fingerprint density at radius 3 is 3.00 bits per heavy atom. The van der Waals surface area contributed by atoms with Gasteiger partial charge in [0.15, 0.2) is 0 Å². The molecule has 0 radical (unpaired) electrons. The zero-order chi connectivity index (χ0) is 10.4. The fraction of sp³-hybridized carbons (Fsp3) is 0.455. The van der Waals surface area contributed by atoms with Crippen molar-refractivity contribution in [1.29, 1.82) is 0 Å². The Bertz CT molecular complexity index is 267. The number of rotatable bonds is 6. The summed E-state index contributed by atoms with van der Waals surface area (Å²) in [5, 5.41) is 4.26. The van der Waals surface area contributed by atoms with Crippen molar-refractivity contribution in [2.45, 2.75) is 32.2 Å². The lowest BCUT2D eigenvalue weighted by atomic mass is 10.0. The van der Waals surface area contributed by atoms with Gasteiger partial charge in [-0.15, -0.1) is 0 Å². The number of nitrogens with one attached hydrogen (secondary N) is 1. The van der Waals surface area contributed by atoms with E-state index in [1.54, 1.807) is 11.3 Å². The molecule has 1 heterocycles. The zero-order valence-electron chi connectivity index (χ0n) is 8.62. The molecular weight excluding hydrogens is 192 g/mol. The predicted octanol–water partition coefficient (Wildman–Crippen LogP) is 2.48. The van der Waals surface area contributed by atoms with Crippen LogP contribution in [0.1, 0.15) is 25.3 Å². The summed E-state index contributed by atoms with van der Waals surface area (Å²) in [5.41, 5.74) is 5.45. The minimum atomic E-state index is 0.317. The first-order chi connectivity index (χ1) is 6.76. The van der Waals surface area contributed by atoms with Crippen molar-refractivity contribution >= 4 is 11.3 Å². The number of nitrogens with two attached hydrogens (primary N) is 1. The second-order valence-electron chi connectivity index (χ2n) is 3.51. The molecule has 0 bridgehead atoms. The lowest BCUT2D eigenvalue weighted by molar-refractivity contribution is 0.517. The van der Waals surface area contributed by atoms with Crippen LogP contribution in [0.2, 0.25) is 0 Å². The summed E-state index contributed by atoms with van der Waals surface area (Å²) in [5.74, 6) is 5.50. The van der Waals surface area contributed by atoms with Crippen LogP contribution in [0.5, 0.6) is 0 Å². The molecule has 0 aliphatic heterocycles. The van der Waals surface area contributed by atoms with Crippen molar-refractivity contribution in [3.8, 4) is 0 Å². The highest BCUT2D eigenvalue weighted by molar-refractivity contribution is 7.07. The van der Waals surface area contributed by atoms with E-state index in [2.05, 4.69) is 35.8 Å². The molecule has 2 nitrogen and oxygen atoms in total. The van der Waals surface area contributed by atoms with E-state index in [9.17, 15) is 0 Å². The van der Waals surface area contributed by atoms with Crippen LogP contribution in [-0.2, 0) is 6.42 Å². The van der Waals surface area contributed by atoms with E-state index in [0.717, 1.165) is 19.3 Å². The predicted molar refractivity (Wildman–Crippen MR) is 63.2 cm³/mol. The van der Waals surface area contributed by atoms with E-state index >= 15 is 0 Å². The van der Waals surface area contributed by atoms with E-state index < -0.39 is 0 Å². The molecule has 0 saturated carbocycles. The Morgan fingerprint density at radius 2 is 2.50 bits per heavy atom. The van der Waals surface area contributed by atoms with Crippen LogP contribution in [0.3, 0.4) is 0 Å². The average molecular weight is 210 g/mol. The number of hydrazine groups is 1. The van der Waals surface area contributed by atoms with Crippen molar-refractivity contribution in [3.05, 3.63) is 34.5 Å². The third-order valence-electron chi connectivity index (χ3n) is 2.33. The maximum atomic E-state index is 5.50. The molecule has 1 unspecified atom stereocenters. The third kappa shape index (κ3) is 3.62. The largest absolute Gasteiger partial charge is 0.271 e. The van der Waals surface area contributed by atoms with Gasteiger partial charge in [0.2, 0.25) is 0 Å². The highest BCUT2D eigenvalue weighted by Gasteiger charge is 2.08. The van der Waals surface area contributed by atoms with Crippen LogP contribution in [-0.4, -0.2) is 6.04 Å². The topological polar surface area (TPSA) is 38.0 Å². The van der Waals surface area contributed by atoms with E-state index in [1.165, 1.54) is 11.1 Å². The lowest BCUT2D eigenvalue weighted by Gasteiger charge is -2.15. The van der Waals surface area contributed by atoms with Gasteiger partial charge >= 0.3 is 0 Å². The molecule has 14 heavy (non-hydrogen) atoms. The summed E-state index contributed by atoms with van der Waals surface area (Å²) in [4.78, 5) is 0. The van der Waals surface area contributed by atoms with Gasteiger partial charge in [-0.05, 0) is 41.7 Å². The number of hydrogen-bond acceptors (Lipinski definition) is 3. The maximum Gasteiger partial charge on any atom is 0.0288 e. The number of thiophene rings is 1. The van der Waals surface area contributed by atoms with Crippen molar-refractivity contribution < 1.29 is 0 Å². The van der Waals surface area contributed by atoms with Gasteiger partial charge in [-0.25, -0.2) is 0 Å². The molecule has 0 aliphatic carbocycles. The van der Waals surface area contributed by atoms with Gasteiger partial charge in [0.25, 0.3) is 0 Å². The summed E-state index contributed by atoms with van der Waals surface area (Å²) < 4.78 is 0. The molecule has 0 amide bonds. The first-order valence-electron chi connectivity index (χ1n) is 4.90. The highest BCUT2D eigenvalue weighted by atomic mass is 32.1. The minimum absolute atomic E-state index is 0.317. The molecule has 1 aromatic rings. The van der Waals surface area contributed by atoms with Crippen molar-refractivity contribution in [2.24, 2.45) is 5.84 Å². The van der Waals surface area contributed by atoms with E-state index in [1.807, 2.05) is 0 Å². The van der Waals surface area contributed by atoms with Gasteiger partial charge in [-0.2, -0.15) is 11.3 Å². The smallest absolute Gasteiger partial charge is 0.0288 e. The average Bonchev–Trinajstić information content (AvgIpc) is 2.69. The monoisotopic (exact) mass is 210 g/mol. The highest BCUT2D eigenvalue weighted by Crippen LogP contribution is 2.13. The lowest BCUT2D eigenvalue weighted by Crippen LogP contribution is -2.36. The van der Waals surface area contributed by atoms with E-state index in [0.29, 0.717) is 6.04 Å². The molecule has 3 heteroatoms. The molecule has 1 rings (SSSR count). The Balaban J connectivity index is 2.43. The summed E-state index contributed by atoms with van der Waals surface area (Å²) in [6.07, 6.45) is 2.98. The van der Waals surface area contributed by atoms with Crippen LogP contribution in [0, 0.1) is 0 Å². The second kappa shape index (κ2) is 5.96. The van der Waals surface area contributed by atoms with Crippen LogP contribution < -0.4 is 11.3 Å². The molecular formula is C11H18N2S. The van der Waals surface area contributed by atoms with Crippen LogP contribution >= 0.6 is 11.3 Å². The quantitative estimate of drug-likeness (QED) is 0.430. The fourth-order valence-electron chi connectivity index (χ4n) is 1.38. The Kier molecular flexibility index (Phi) is 4.87. The normalized spacial score (nSPS) is 12.7. The third-order valence-corrected chi connectivity index (χ3v) is 3.07. The van der Waals surface area contributed by atoms with Crippen molar-refractivity contribution in [2.75, 3.05) is 0 Å². The molecule has 0 saturated heterocycles. The first-order valence-corrected chi connectivity index (χ1v) is 5.84. The van der Waals surface area contributed by atoms with Gasteiger partial charge < -0.3 is 0 Å². The molecule has 0 aromatic carbocycles. The minimum Gasteiger partial charge on any atom is -0.271 e. The van der Waals surface area contributed by atoms with Gasteiger partial charge in [0.1, 0.15) is 0 Å². The molecule has 1 aromatic heterocycles. The fourth-order valence-corrected chi connectivity index (χ4v) is 2.06. The molecule has 78 valence electrons. The summed E-state index contributed by atoms with van der Waals surface area (Å²) in [7, 11) is 0. The maximum absolute atomic E-state index is 5.50. The Labute approximate surface area is 89.8 Å². The SMILES string of the molecule is C=C(CC)CC(Cc1ccsc1)NN. The summed E-state index contributed by atoms with van der Waals surface area (Å²) >= 11 is 1.73. The summed E-state index contributed by atoms with van der Waals surface area (Å²) in [6.45, 7) is 6.12. The molecule has 0 fully saturated rings. The van der Waals surface area contributed by atoms with Gasteiger partial charge in [0.05, 0.1) is 0 Å². The van der Waals surface area contributed by atoms with E-state index in [4.69, 9.17) is 5.84 Å². The number of hydrogen-bond donors (Lipinski definition) is 2. The first kappa shape index (κ1) is 11.4. The molecule has 0 aliphatic rings. The molecule has 1 atom stereocenters. The van der Waals surface area contributed by atoms with Crippen molar-refractivity contribution in [1.82, 2.24) is 5.43 Å². The van der Waals surface area contributed by atoms with Crippen LogP contribution in [0.4, 0.5) is 0 Å². The van der Waals surface area contributed by atoms with Crippen LogP contribution in [0.25, 0.3) is 0 Å². The standard InChI is InChI=1S/C11H18N2S/c1-3-9(2)6-11(13-12)7-10-4-5-14-8-10/h4-5,8,11,13H,2-3,6-7,12H2,1H3. The second-order valence-corrected chi connectivity index (χ2v) is 4.29. The molecule has 0 spiro atoms. The van der Waals surface area contributed by atoms with Gasteiger partial charge in [0, 0.05) is 6.04 Å². The van der Waals surface area contributed by atoms with E-state index in [-0.39, 0.29) is 0 Å². The molecule has 3 N–H and O–H groups in total. The van der Waals surface area contributed by atoms with Gasteiger partial charge in [-0.1, -0.05) is 19.1 Å². The van der Waals surface area contributed by atoms with Crippen LogP contribution in [0.15, 0.2) is 29.0 Å². The Hall–Kier alpha value is -0.640. The Morgan fingerprint density at radius 1 is 1.71 bits per heavy atom. The zero-order valence-corrected chi connectivity index (χ0v) is 9.44. The summed E-state index contributed by atoms with van der Waals surface area (Å²) in [6, 6.07) is 2.46. The van der Waals surface area contributed by atoms with Crippen molar-refractivity contribution in [3.63, 3.8) is 0 Å². The van der Waals surface area contributed by atoms with Gasteiger partial charge in [-0.3, -0.25) is 11.3 Å².